The highest BCUT2D eigenvalue weighted by atomic mass is 31.1. The summed E-state index contributed by atoms with van der Waals surface area (Å²) in [5.74, 6) is 0.607. The number of rotatable bonds is 7. The lowest BCUT2D eigenvalue weighted by molar-refractivity contribution is 0.390. The van der Waals surface area contributed by atoms with Crippen LogP contribution in [-0.2, 0) is 16.2 Å². The molecule has 1 saturated carbocycles. The third-order valence-corrected chi connectivity index (χ3v) is 11.9. The van der Waals surface area contributed by atoms with Gasteiger partial charge in [0.25, 0.3) is 0 Å². The van der Waals surface area contributed by atoms with Crippen LogP contribution in [0.4, 0.5) is 0 Å². The van der Waals surface area contributed by atoms with Crippen molar-refractivity contribution in [1.29, 1.82) is 0 Å². The van der Waals surface area contributed by atoms with E-state index in [-0.39, 0.29) is 28.3 Å². The van der Waals surface area contributed by atoms with E-state index in [0.29, 0.717) is 11.5 Å². The summed E-state index contributed by atoms with van der Waals surface area (Å²) in [7, 11) is -0.849. The Morgan fingerprint density at radius 1 is 0.551 bits per heavy atom. The molecule has 0 spiro atoms. The highest BCUT2D eigenvalue weighted by Crippen LogP contribution is 2.40. The molecule has 0 heterocycles. The van der Waals surface area contributed by atoms with Crippen LogP contribution >= 0.6 is 7.92 Å². The lowest BCUT2D eigenvalue weighted by Gasteiger charge is -2.28. The molecular weight excluding hydrogens is 619 g/mol. The standard InChI is InChI=1S/C44H55N2O2P/c1-42(2,3)32-24-30(40(47)36(26-32)43(4,5)6)28-45-38-22-16-17-23-39(38)46-29-31-25-35(27-37(41(31)48)44(7,8)9)49(33-18-12-10-13-19-33)34-20-14-11-15-21-34/h10-15,18-21,24-29,38-39,47-48H,16-17,22-23H2,1-9H3. The van der Waals surface area contributed by atoms with Crippen molar-refractivity contribution < 1.29 is 10.2 Å². The van der Waals surface area contributed by atoms with Gasteiger partial charge in [0.05, 0.1) is 12.1 Å². The molecule has 0 saturated heterocycles. The summed E-state index contributed by atoms with van der Waals surface area (Å²) >= 11 is 0. The average molecular weight is 675 g/mol. The molecule has 5 heteroatoms. The summed E-state index contributed by atoms with van der Waals surface area (Å²) in [6.45, 7) is 19.5. The Kier molecular flexibility index (Phi) is 10.9. The predicted octanol–water partition coefficient (Wildman–Crippen LogP) is 9.60. The first kappa shape index (κ1) is 36.5. The van der Waals surface area contributed by atoms with E-state index < -0.39 is 7.92 Å². The first-order valence-corrected chi connectivity index (χ1v) is 19.1. The average Bonchev–Trinajstić information content (AvgIpc) is 3.04. The number of benzene rings is 4. The summed E-state index contributed by atoms with van der Waals surface area (Å²) in [5.41, 5.74) is 4.05. The Morgan fingerprint density at radius 3 is 1.41 bits per heavy atom. The second-order valence-electron chi connectivity index (χ2n) is 16.6. The molecule has 2 N–H and O–H groups in total. The minimum Gasteiger partial charge on any atom is -0.507 e. The molecule has 258 valence electrons. The fourth-order valence-electron chi connectivity index (χ4n) is 6.59. The minimum absolute atomic E-state index is 0.000970. The number of phenols is 2. The van der Waals surface area contributed by atoms with Crippen molar-refractivity contribution in [3.63, 3.8) is 0 Å². The summed E-state index contributed by atoms with van der Waals surface area (Å²) in [6, 6.07) is 30.0. The Hall–Kier alpha value is -3.75. The van der Waals surface area contributed by atoms with Gasteiger partial charge in [-0.3, -0.25) is 9.98 Å². The highest BCUT2D eigenvalue weighted by Gasteiger charge is 2.28. The molecule has 4 nitrogen and oxygen atoms in total. The van der Waals surface area contributed by atoms with Crippen molar-refractivity contribution in [1.82, 2.24) is 0 Å². The van der Waals surface area contributed by atoms with Crippen molar-refractivity contribution in [2.45, 2.75) is 116 Å². The smallest absolute Gasteiger partial charge is 0.128 e. The van der Waals surface area contributed by atoms with E-state index in [4.69, 9.17) is 9.98 Å². The van der Waals surface area contributed by atoms with Gasteiger partial charge in [-0.2, -0.15) is 0 Å². The maximum atomic E-state index is 11.7. The van der Waals surface area contributed by atoms with Crippen molar-refractivity contribution in [3.05, 3.63) is 113 Å². The molecule has 2 unspecified atom stereocenters. The van der Waals surface area contributed by atoms with Gasteiger partial charge in [-0.15, -0.1) is 0 Å². The quantitative estimate of drug-likeness (QED) is 0.152. The molecule has 49 heavy (non-hydrogen) atoms. The van der Waals surface area contributed by atoms with Gasteiger partial charge in [-0.25, -0.2) is 0 Å². The van der Waals surface area contributed by atoms with E-state index in [1.165, 1.54) is 21.5 Å². The maximum Gasteiger partial charge on any atom is 0.128 e. The molecule has 4 aromatic carbocycles. The van der Waals surface area contributed by atoms with Crippen LogP contribution in [0.15, 0.2) is 94.9 Å². The lowest BCUT2D eigenvalue weighted by Crippen LogP contribution is -2.27. The Morgan fingerprint density at radius 2 is 0.980 bits per heavy atom. The van der Waals surface area contributed by atoms with E-state index >= 15 is 0 Å². The summed E-state index contributed by atoms with van der Waals surface area (Å²) < 4.78 is 0. The lowest BCUT2D eigenvalue weighted by atomic mass is 9.79. The molecule has 4 aromatic rings. The van der Waals surface area contributed by atoms with Crippen LogP contribution in [0.1, 0.15) is 116 Å². The van der Waals surface area contributed by atoms with Gasteiger partial charge < -0.3 is 10.2 Å². The van der Waals surface area contributed by atoms with Gasteiger partial charge >= 0.3 is 0 Å². The largest absolute Gasteiger partial charge is 0.507 e. The van der Waals surface area contributed by atoms with Crippen LogP contribution in [0.25, 0.3) is 0 Å². The van der Waals surface area contributed by atoms with Crippen molar-refractivity contribution >= 4 is 36.3 Å². The van der Waals surface area contributed by atoms with Crippen molar-refractivity contribution in [2.75, 3.05) is 0 Å². The zero-order valence-corrected chi connectivity index (χ0v) is 31.9. The van der Waals surface area contributed by atoms with Gasteiger partial charge in [0, 0.05) is 34.7 Å². The number of hydrogen-bond donors (Lipinski definition) is 2. The number of aromatic hydroxyl groups is 2. The van der Waals surface area contributed by atoms with E-state index in [0.717, 1.165) is 47.9 Å². The van der Waals surface area contributed by atoms with E-state index in [1.807, 2.05) is 12.4 Å². The zero-order valence-electron chi connectivity index (χ0n) is 31.0. The molecule has 1 aliphatic rings. The highest BCUT2D eigenvalue weighted by molar-refractivity contribution is 7.79. The topological polar surface area (TPSA) is 65.2 Å². The Labute approximate surface area is 296 Å². The Balaban J connectivity index is 1.54. The summed E-state index contributed by atoms with van der Waals surface area (Å²) in [5, 5.41) is 26.8. The van der Waals surface area contributed by atoms with Gasteiger partial charge in [-0.1, -0.05) is 142 Å². The molecule has 0 bridgehead atoms. The second kappa shape index (κ2) is 14.6. The van der Waals surface area contributed by atoms with Crippen molar-refractivity contribution in [2.24, 2.45) is 9.98 Å². The molecule has 0 aromatic heterocycles. The zero-order chi connectivity index (χ0) is 35.6. The van der Waals surface area contributed by atoms with Crippen LogP contribution in [-0.4, -0.2) is 34.7 Å². The first-order chi connectivity index (χ1) is 23.0. The van der Waals surface area contributed by atoms with Gasteiger partial charge in [0.2, 0.25) is 0 Å². The normalized spacial score (nSPS) is 17.8. The molecule has 5 rings (SSSR count). The molecule has 0 amide bonds. The van der Waals surface area contributed by atoms with E-state index in [9.17, 15) is 10.2 Å². The number of hydrogen-bond acceptors (Lipinski definition) is 4. The second-order valence-corrected chi connectivity index (χ2v) is 18.8. The number of phenolic OH excluding ortho intramolecular Hbond substituents is 2. The molecule has 2 atom stereocenters. The van der Waals surface area contributed by atoms with Gasteiger partial charge in [-0.05, 0) is 76.7 Å². The summed E-state index contributed by atoms with van der Waals surface area (Å²) in [4.78, 5) is 10.3. The minimum atomic E-state index is -0.849. The monoisotopic (exact) mass is 674 g/mol. The number of aliphatic imine (C=N–C) groups is 2. The SMILES string of the molecule is CC(C)(C)c1cc(C=NC2CCCCC2N=Cc2cc(P(c3ccccc3)c3ccccc3)cc(C(C)(C)C)c2O)c(O)c(C(C)(C)C)c1. The summed E-state index contributed by atoms with van der Waals surface area (Å²) in [6.07, 6.45) is 7.85. The third-order valence-electron chi connectivity index (χ3n) is 9.54. The van der Waals surface area contributed by atoms with Crippen LogP contribution in [0.2, 0.25) is 0 Å². The Bertz CT molecular complexity index is 1750. The van der Waals surface area contributed by atoms with Crippen LogP contribution in [0.3, 0.4) is 0 Å². The fourth-order valence-corrected chi connectivity index (χ4v) is 8.95. The van der Waals surface area contributed by atoms with E-state index in [2.05, 4.69) is 147 Å². The predicted molar refractivity (Wildman–Crippen MR) is 212 cm³/mol. The maximum absolute atomic E-state index is 11.7. The van der Waals surface area contributed by atoms with Crippen LogP contribution in [0, 0.1) is 0 Å². The van der Waals surface area contributed by atoms with Gasteiger partial charge in [0.15, 0.2) is 0 Å². The molecule has 1 aliphatic carbocycles. The van der Waals surface area contributed by atoms with E-state index in [1.54, 1.807) is 0 Å². The molecule has 0 radical (unpaired) electrons. The van der Waals surface area contributed by atoms with Crippen LogP contribution in [0.5, 0.6) is 11.5 Å². The number of nitrogens with zero attached hydrogens (tertiary/aromatic N) is 2. The first-order valence-electron chi connectivity index (χ1n) is 17.8. The third kappa shape index (κ3) is 8.71. The van der Waals surface area contributed by atoms with Crippen LogP contribution < -0.4 is 15.9 Å². The molecular formula is C44H55N2O2P. The molecule has 0 aliphatic heterocycles. The fraction of sp³-hybridized carbons (Fsp3) is 0.409. The van der Waals surface area contributed by atoms with Crippen molar-refractivity contribution in [3.8, 4) is 11.5 Å². The van der Waals surface area contributed by atoms with Gasteiger partial charge in [0.1, 0.15) is 11.5 Å². The molecule has 1 fully saturated rings.